The minimum atomic E-state index is -3.86. The standard InChI is InChI=1S/C38H30O8S3/c1-27-3-15-33(16-4-27)47(39,40)35-19-7-29(8-20-35)45-31-11-23-37(24-12-31)49(43,44)38-25-13-32(14-26-38)46-30-9-21-36(22-10-30)48(41,42)34-17-5-28(2)6-18-34/h3-26H,1-2H3. The normalized spacial score (nSPS) is 12.0. The van der Waals surface area contributed by atoms with Crippen LogP contribution >= 0.6 is 0 Å². The van der Waals surface area contributed by atoms with E-state index in [1.807, 2.05) is 13.8 Å². The highest BCUT2D eigenvalue weighted by Gasteiger charge is 2.20. The van der Waals surface area contributed by atoms with Gasteiger partial charge in [0.05, 0.1) is 29.4 Å². The maximum Gasteiger partial charge on any atom is 0.206 e. The molecule has 6 aromatic carbocycles. The van der Waals surface area contributed by atoms with Crippen molar-refractivity contribution in [2.24, 2.45) is 0 Å². The Labute approximate surface area is 286 Å². The van der Waals surface area contributed by atoms with Gasteiger partial charge in [0, 0.05) is 0 Å². The molecule has 0 fully saturated rings. The van der Waals surface area contributed by atoms with Gasteiger partial charge in [0.25, 0.3) is 0 Å². The van der Waals surface area contributed by atoms with E-state index in [0.717, 1.165) is 11.1 Å². The second kappa shape index (κ2) is 13.3. The zero-order chi connectivity index (χ0) is 34.8. The Morgan fingerprint density at radius 1 is 0.286 bits per heavy atom. The molecule has 11 heteroatoms. The van der Waals surface area contributed by atoms with Crippen molar-refractivity contribution in [1.82, 2.24) is 0 Å². The number of rotatable bonds is 10. The van der Waals surface area contributed by atoms with Gasteiger partial charge in [-0.15, -0.1) is 0 Å². The van der Waals surface area contributed by atoms with Gasteiger partial charge in [-0.05, 0) is 135 Å². The number of ether oxygens (including phenoxy) is 2. The molecule has 49 heavy (non-hydrogen) atoms. The zero-order valence-corrected chi connectivity index (χ0v) is 28.8. The summed E-state index contributed by atoms with van der Waals surface area (Å²) in [4.78, 5) is 0.763. The van der Waals surface area contributed by atoms with Gasteiger partial charge in [0.2, 0.25) is 29.5 Å². The molecule has 0 spiro atoms. The molecule has 6 rings (SSSR count). The van der Waals surface area contributed by atoms with Crippen LogP contribution in [0.2, 0.25) is 0 Å². The fourth-order valence-electron chi connectivity index (χ4n) is 4.86. The highest BCUT2D eigenvalue weighted by Crippen LogP contribution is 2.31. The number of hydrogen-bond donors (Lipinski definition) is 0. The molecular formula is C38H30O8S3. The fourth-order valence-corrected chi connectivity index (χ4v) is 8.65. The summed E-state index contributed by atoms with van der Waals surface area (Å²) < 4.78 is 90.0. The van der Waals surface area contributed by atoms with Crippen LogP contribution in [0.3, 0.4) is 0 Å². The molecule has 248 valence electrons. The molecule has 0 saturated heterocycles. The summed E-state index contributed by atoms with van der Waals surface area (Å²) >= 11 is 0. The molecule has 6 aromatic rings. The Balaban J connectivity index is 1.09. The van der Waals surface area contributed by atoms with E-state index in [4.69, 9.17) is 9.47 Å². The molecule has 0 aliphatic rings. The molecule has 0 radical (unpaired) electrons. The van der Waals surface area contributed by atoms with E-state index in [-0.39, 0.29) is 29.4 Å². The van der Waals surface area contributed by atoms with Gasteiger partial charge in [-0.3, -0.25) is 0 Å². The molecule has 0 aliphatic heterocycles. The van der Waals surface area contributed by atoms with Gasteiger partial charge in [0.15, 0.2) is 0 Å². The molecule has 0 aromatic heterocycles. The van der Waals surface area contributed by atoms with Crippen LogP contribution < -0.4 is 9.47 Å². The summed E-state index contributed by atoms with van der Waals surface area (Å²) in [5.74, 6) is 1.51. The summed E-state index contributed by atoms with van der Waals surface area (Å²) in [5.41, 5.74) is 1.92. The van der Waals surface area contributed by atoms with Crippen LogP contribution in [0.1, 0.15) is 11.1 Å². The molecule has 0 N–H and O–H groups in total. The lowest BCUT2D eigenvalue weighted by Gasteiger charge is -2.10. The second-order valence-corrected chi connectivity index (χ2v) is 17.1. The average molecular weight is 711 g/mol. The van der Waals surface area contributed by atoms with Crippen LogP contribution in [-0.4, -0.2) is 25.3 Å². The van der Waals surface area contributed by atoms with E-state index in [9.17, 15) is 25.3 Å². The topological polar surface area (TPSA) is 121 Å². The second-order valence-electron chi connectivity index (χ2n) is 11.2. The van der Waals surface area contributed by atoms with E-state index >= 15 is 0 Å². The first-order valence-corrected chi connectivity index (χ1v) is 19.4. The van der Waals surface area contributed by atoms with E-state index < -0.39 is 29.5 Å². The molecule has 0 amide bonds. The third kappa shape index (κ3) is 7.29. The summed E-state index contributed by atoms with van der Waals surface area (Å²) in [5, 5.41) is 0. The average Bonchev–Trinajstić information content (AvgIpc) is 3.10. The minimum absolute atomic E-state index is 0.0541. The Morgan fingerprint density at radius 2 is 0.449 bits per heavy atom. The van der Waals surface area contributed by atoms with Crippen molar-refractivity contribution in [1.29, 1.82) is 0 Å². The lowest BCUT2D eigenvalue weighted by Crippen LogP contribution is -2.02. The first-order valence-electron chi connectivity index (χ1n) is 15.0. The van der Waals surface area contributed by atoms with Crippen molar-refractivity contribution >= 4 is 29.5 Å². The SMILES string of the molecule is Cc1ccc(S(=O)(=O)c2ccc(Oc3ccc(S(=O)(=O)c4ccc(Oc5ccc(S(=O)(=O)c6ccc(C)cc6)cc5)cc4)cc3)cc2)cc1. The molecule has 0 heterocycles. The van der Waals surface area contributed by atoms with Gasteiger partial charge in [-0.2, -0.15) is 0 Å². The van der Waals surface area contributed by atoms with Crippen LogP contribution in [0.25, 0.3) is 0 Å². The van der Waals surface area contributed by atoms with E-state index in [1.165, 1.54) is 97.1 Å². The highest BCUT2D eigenvalue weighted by molar-refractivity contribution is 7.92. The third-order valence-electron chi connectivity index (χ3n) is 7.67. The van der Waals surface area contributed by atoms with Crippen molar-refractivity contribution in [2.75, 3.05) is 0 Å². The number of hydrogen-bond acceptors (Lipinski definition) is 8. The Kier molecular flexibility index (Phi) is 9.17. The Morgan fingerprint density at radius 3 is 0.633 bits per heavy atom. The van der Waals surface area contributed by atoms with Crippen LogP contribution in [0, 0.1) is 13.8 Å². The molecule has 0 saturated carbocycles. The van der Waals surface area contributed by atoms with Gasteiger partial charge >= 0.3 is 0 Å². The third-order valence-corrected chi connectivity index (χ3v) is 13.0. The Bertz CT molecular complexity index is 2250. The predicted octanol–water partition coefficient (Wildman–Crippen LogP) is 8.39. The van der Waals surface area contributed by atoms with Gasteiger partial charge < -0.3 is 9.47 Å². The maximum absolute atomic E-state index is 13.3. The molecule has 0 unspecified atom stereocenters. The quantitative estimate of drug-likeness (QED) is 0.139. The van der Waals surface area contributed by atoms with Crippen molar-refractivity contribution in [2.45, 2.75) is 43.2 Å². The zero-order valence-electron chi connectivity index (χ0n) is 26.3. The maximum atomic E-state index is 13.3. The number of aryl methyl sites for hydroxylation is 2. The van der Waals surface area contributed by atoms with Crippen LogP contribution in [0.5, 0.6) is 23.0 Å². The van der Waals surface area contributed by atoms with Crippen LogP contribution in [0.4, 0.5) is 0 Å². The molecule has 8 nitrogen and oxygen atoms in total. The van der Waals surface area contributed by atoms with E-state index in [2.05, 4.69) is 0 Å². The molecule has 0 atom stereocenters. The van der Waals surface area contributed by atoms with Crippen molar-refractivity contribution < 1.29 is 34.7 Å². The number of benzene rings is 6. The lowest BCUT2D eigenvalue weighted by molar-refractivity contribution is 0.481. The van der Waals surface area contributed by atoms with Gasteiger partial charge in [0.1, 0.15) is 23.0 Å². The van der Waals surface area contributed by atoms with Crippen molar-refractivity contribution in [3.63, 3.8) is 0 Å². The van der Waals surface area contributed by atoms with Gasteiger partial charge in [-0.1, -0.05) is 35.4 Å². The predicted molar refractivity (Wildman–Crippen MR) is 185 cm³/mol. The first kappa shape index (κ1) is 33.7. The first-order chi connectivity index (χ1) is 23.3. The smallest absolute Gasteiger partial charge is 0.206 e. The van der Waals surface area contributed by atoms with Crippen molar-refractivity contribution in [3.05, 3.63) is 157 Å². The molecular weight excluding hydrogens is 681 g/mol. The van der Waals surface area contributed by atoms with E-state index in [0.29, 0.717) is 23.0 Å². The molecule has 0 aliphatic carbocycles. The van der Waals surface area contributed by atoms with E-state index in [1.54, 1.807) is 48.5 Å². The summed E-state index contributed by atoms with van der Waals surface area (Å²) in [6.45, 7) is 3.76. The van der Waals surface area contributed by atoms with Crippen LogP contribution in [-0.2, 0) is 29.5 Å². The minimum Gasteiger partial charge on any atom is -0.457 e. The molecule has 0 bridgehead atoms. The summed E-state index contributed by atoms with van der Waals surface area (Å²) in [7, 11) is -11.2. The number of sulfone groups is 3. The van der Waals surface area contributed by atoms with Gasteiger partial charge in [-0.25, -0.2) is 25.3 Å². The fraction of sp³-hybridized carbons (Fsp3) is 0.0526. The highest BCUT2D eigenvalue weighted by atomic mass is 32.2. The monoisotopic (exact) mass is 710 g/mol. The van der Waals surface area contributed by atoms with Crippen LogP contribution in [0.15, 0.2) is 175 Å². The lowest BCUT2D eigenvalue weighted by atomic mass is 10.2. The largest absolute Gasteiger partial charge is 0.457 e. The summed E-state index contributed by atoms with van der Waals surface area (Å²) in [6, 6.07) is 37.0. The Hall–Kier alpha value is -5.23. The summed E-state index contributed by atoms with van der Waals surface area (Å²) in [6.07, 6.45) is 0. The van der Waals surface area contributed by atoms with Crippen molar-refractivity contribution in [3.8, 4) is 23.0 Å².